The molecule has 3 heteroatoms. The largest absolute Gasteiger partial charge is 0.497 e. The molecule has 0 fully saturated rings. The van der Waals surface area contributed by atoms with Crippen molar-refractivity contribution in [2.45, 2.75) is 30.0 Å². The lowest BCUT2D eigenvalue weighted by Crippen LogP contribution is -2.31. The van der Waals surface area contributed by atoms with Crippen molar-refractivity contribution in [2.75, 3.05) is 7.11 Å². The summed E-state index contributed by atoms with van der Waals surface area (Å²) in [5.41, 5.74) is 4.13. The molecule has 2 aliphatic rings. The van der Waals surface area contributed by atoms with Crippen molar-refractivity contribution in [3.63, 3.8) is 0 Å². The number of benzene rings is 1. The van der Waals surface area contributed by atoms with Gasteiger partial charge in [0.05, 0.1) is 11.4 Å². The fourth-order valence-electron chi connectivity index (χ4n) is 3.25. The van der Waals surface area contributed by atoms with Crippen molar-refractivity contribution in [1.82, 2.24) is 0 Å². The molecule has 0 radical (unpaired) electrons. The topological polar surface area (TPSA) is 26.3 Å². The second-order valence-electron chi connectivity index (χ2n) is 5.48. The molecule has 100 valence electrons. The first kappa shape index (κ1) is 12.9. The number of aryl methyl sites for hydroxylation is 1. The SMILES string of the molecule is COc1ccc2c(c1)CCC1C[C@](Br)(C=O)CC=C21. The summed E-state index contributed by atoms with van der Waals surface area (Å²) in [5.74, 6) is 1.43. The molecule has 0 bridgehead atoms. The van der Waals surface area contributed by atoms with Crippen molar-refractivity contribution >= 4 is 27.8 Å². The van der Waals surface area contributed by atoms with Crippen LogP contribution in [0.25, 0.3) is 5.57 Å². The van der Waals surface area contributed by atoms with E-state index in [0.29, 0.717) is 5.92 Å². The minimum absolute atomic E-state index is 0.342. The predicted octanol–water partition coefficient (Wildman–Crippen LogP) is 3.77. The molecule has 2 nitrogen and oxygen atoms in total. The standard InChI is InChI=1S/C16H17BrO2/c1-19-13-4-5-14-11(8-13)2-3-12-9-16(17,10-18)7-6-15(12)14/h4-6,8,10,12H,2-3,7,9H2,1H3/t12?,16-/m0/s1. The normalized spacial score (nSPS) is 28.9. The average molecular weight is 321 g/mol. The van der Waals surface area contributed by atoms with Crippen LogP contribution in [-0.4, -0.2) is 17.7 Å². The van der Waals surface area contributed by atoms with E-state index < -0.39 is 0 Å². The fourth-order valence-corrected chi connectivity index (χ4v) is 3.80. The van der Waals surface area contributed by atoms with Crippen LogP contribution in [0.5, 0.6) is 5.75 Å². The minimum atomic E-state index is -0.342. The maximum absolute atomic E-state index is 11.2. The van der Waals surface area contributed by atoms with Gasteiger partial charge in [0.25, 0.3) is 0 Å². The minimum Gasteiger partial charge on any atom is -0.497 e. The van der Waals surface area contributed by atoms with Crippen LogP contribution >= 0.6 is 15.9 Å². The number of halogens is 1. The first-order chi connectivity index (χ1) is 9.15. The average Bonchev–Trinajstić information content (AvgIpc) is 2.46. The Bertz CT molecular complexity index is 550. The van der Waals surface area contributed by atoms with Crippen LogP contribution in [0.15, 0.2) is 24.3 Å². The van der Waals surface area contributed by atoms with Gasteiger partial charge in [-0.1, -0.05) is 28.1 Å². The molecule has 0 N–H and O–H groups in total. The van der Waals surface area contributed by atoms with Crippen LogP contribution < -0.4 is 4.74 Å². The predicted molar refractivity (Wildman–Crippen MR) is 79.7 cm³/mol. The second kappa shape index (κ2) is 4.78. The van der Waals surface area contributed by atoms with E-state index in [1.807, 2.05) is 6.07 Å². The third-order valence-corrected chi connectivity index (χ3v) is 5.12. The Kier molecular flexibility index (Phi) is 3.25. The van der Waals surface area contributed by atoms with E-state index >= 15 is 0 Å². The maximum atomic E-state index is 11.2. The van der Waals surface area contributed by atoms with E-state index in [9.17, 15) is 4.79 Å². The van der Waals surface area contributed by atoms with Crippen LogP contribution in [0.2, 0.25) is 0 Å². The molecular weight excluding hydrogens is 304 g/mol. The fraction of sp³-hybridized carbons (Fsp3) is 0.438. The summed E-state index contributed by atoms with van der Waals surface area (Å²) in [6.45, 7) is 0. The third kappa shape index (κ3) is 2.25. The van der Waals surface area contributed by atoms with Gasteiger partial charge in [-0.3, -0.25) is 0 Å². The number of aldehydes is 1. The molecule has 0 aromatic heterocycles. The molecule has 2 aliphatic carbocycles. The Hall–Kier alpha value is -1.09. The molecule has 2 atom stereocenters. The number of fused-ring (bicyclic) bond motifs is 3. The van der Waals surface area contributed by atoms with E-state index in [1.165, 1.54) is 16.7 Å². The summed E-state index contributed by atoms with van der Waals surface area (Å²) in [6, 6.07) is 6.33. The lowest BCUT2D eigenvalue weighted by molar-refractivity contribution is -0.110. The number of hydrogen-bond donors (Lipinski definition) is 0. The van der Waals surface area contributed by atoms with E-state index in [4.69, 9.17) is 4.74 Å². The summed E-state index contributed by atoms with van der Waals surface area (Å²) >= 11 is 3.59. The number of ether oxygens (including phenoxy) is 1. The molecule has 3 rings (SSSR count). The van der Waals surface area contributed by atoms with E-state index in [1.54, 1.807) is 7.11 Å². The Balaban J connectivity index is 1.99. The molecule has 0 saturated carbocycles. The third-order valence-electron chi connectivity index (χ3n) is 4.28. The molecule has 0 saturated heterocycles. The number of hydrogen-bond acceptors (Lipinski definition) is 2. The number of allylic oxidation sites excluding steroid dienone is 2. The zero-order valence-corrected chi connectivity index (χ0v) is 12.6. The van der Waals surface area contributed by atoms with Crippen molar-refractivity contribution in [3.05, 3.63) is 35.4 Å². The molecule has 19 heavy (non-hydrogen) atoms. The molecule has 0 aliphatic heterocycles. The highest BCUT2D eigenvalue weighted by Crippen LogP contribution is 2.46. The van der Waals surface area contributed by atoms with Gasteiger partial charge in [0.2, 0.25) is 0 Å². The first-order valence-electron chi connectivity index (χ1n) is 6.68. The number of rotatable bonds is 2. The number of carbonyl (C=O) groups is 1. The number of methoxy groups -OCH3 is 1. The van der Waals surface area contributed by atoms with Gasteiger partial charge in [-0.05, 0) is 60.4 Å². The van der Waals surface area contributed by atoms with Crippen LogP contribution in [0, 0.1) is 5.92 Å². The van der Waals surface area contributed by atoms with Gasteiger partial charge in [-0.2, -0.15) is 0 Å². The highest BCUT2D eigenvalue weighted by atomic mass is 79.9. The summed E-state index contributed by atoms with van der Waals surface area (Å²) in [7, 11) is 1.70. The monoisotopic (exact) mass is 320 g/mol. The van der Waals surface area contributed by atoms with Gasteiger partial charge < -0.3 is 9.53 Å². The maximum Gasteiger partial charge on any atom is 0.137 e. The van der Waals surface area contributed by atoms with Gasteiger partial charge >= 0.3 is 0 Å². The summed E-state index contributed by atoms with van der Waals surface area (Å²) in [5, 5.41) is 0. The zero-order valence-electron chi connectivity index (χ0n) is 11.0. The zero-order chi connectivity index (χ0) is 13.5. The Morgan fingerprint density at radius 1 is 1.47 bits per heavy atom. The molecule has 1 unspecified atom stereocenters. The first-order valence-corrected chi connectivity index (χ1v) is 7.47. The molecule has 0 heterocycles. The van der Waals surface area contributed by atoms with Gasteiger partial charge in [-0.25, -0.2) is 0 Å². The summed E-state index contributed by atoms with van der Waals surface area (Å²) < 4.78 is 4.95. The van der Waals surface area contributed by atoms with Gasteiger partial charge in [0.1, 0.15) is 12.0 Å². The molecule has 0 spiro atoms. The Labute approximate surface area is 122 Å². The van der Waals surface area contributed by atoms with Crippen LogP contribution in [0.1, 0.15) is 30.4 Å². The van der Waals surface area contributed by atoms with Crippen LogP contribution in [0.4, 0.5) is 0 Å². The van der Waals surface area contributed by atoms with E-state index in [-0.39, 0.29) is 4.32 Å². The van der Waals surface area contributed by atoms with Gasteiger partial charge in [0.15, 0.2) is 0 Å². The lowest BCUT2D eigenvalue weighted by atomic mass is 9.71. The van der Waals surface area contributed by atoms with E-state index in [2.05, 4.69) is 34.1 Å². The van der Waals surface area contributed by atoms with Gasteiger partial charge in [0, 0.05) is 0 Å². The van der Waals surface area contributed by atoms with Crippen LogP contribution in [-0.2, 0) is 11.2 Å². The number of carbonyl (C=O) groups excluding carboxylic acids is 1. The molecule has 1 aromatic rings. The second-order valence-corrected chi connectivity index (χ2v) is 7.06. The number of alkyl halides is 1. The quantitative estimate of drug-likeness (QED) is 0.612. The molecular formula is C16H17BrO2. The Morgan fingerprint density at radius 3 is 3.05 bits per heavy atom. The van der Waals surface area contributed by atoms with Crippen molar-refractivity contribution < 1.29 is 9.53 Å². The molecule has 1 aromatic carbocycles. The van der Waals surface area contributed by atoms with Crippen molar-refractivity contribution in [1.29, 1.82) is 0 Å². The highest BCUT2D eigenvalue weighted by molar-refractivity contribution is 9.10. The highest BCUT2D eigenvalue weighted by Gasteiger charge is 2.37. The summed E-state index contributed by atoms with van der Waals surface area (Å²) in [6.07, 6.45) is 7.18. The van der Waals surface area contributed by atoms with E-state index in [0.717, 1.165) is 37.7 Å². The van der Waals surface area contributed by atoms with Crippen molar-refractivity contribution in [2.24, 2.45) is 5.92 Å². The smallest absolute Gasteiger partial charge is 0.137 e. The molecule has 0 amide bonds. The Morgan fingerprint density at radius 2 is 2.32 bits per heavy atom. The lowest BCUT2D eigenvalue weighted by Gasteiger charge is -2.36. The van der Waals surface area contributed by atoms with Gasteiger partial charge in [-0.15, -0.1) is 0 Å². The van der Waals surface area contributed by atoms with Crippen LogP contribution in [0.3, 0.4) is 0 Å². The van der Waals surface area contributed by atoms with Crippen molar-refractivity contribution in [3.8, 4) is 5.75 Å². The summed E-state index contributed by atoms with van der Waals surface area (Å²) in [4.78, 5) is 11.2.